The molecule has 0 aliphatic heterocycles. The second-order valence-electron chi connectivity index (χ2n) is 2.45. The van der Waals surface area contributed by atoms with E-state index in [1.807, 2.05) is 12.2 Å². The topological polar surface area (TPSA) is 0 Å². The third kappa shape index (κ3) is 0.971. The van der Waals surface area contributed by atoms with E-state index in [1.165, 1.54) is 16.7 Å². The maximum Gasteiger partial charge on any atom is -0.0204 e. The highest BCUT2D eigenvalue weighted by Gasteiger charge is 2.11. The zero-order valence-corrected chi connectivity index (χ0v) is 6.19. The molecule has 0 aromatic rings. The Labute approximate surface area is 62.3 Å². The van der Waals surface area contributed by atoms with Gasteiger partial charge in [-0.15, -0.1) is 0 Å². The summed E-state index contributed by atoms with van der Waals surface area (Å²) in [7, 11) is 0. The molecule has 0 unspecified atom stereocenters. The molecule has 0 aromatic heterocycles. The second-order valence-corrected chi connectivity index (χ2v) is 2.45. The number of allylic oxidation sites excluding steroid dienone is 5. The summed E-state index contributed by atoms with van der Waals surface area (Å²) in [5.41, 5.74) is 3.69. The largest absolute Gasteiger partial charge is 0.0988 e. The highest BCUT2D eigenvalue weighted by molar-refractivity contribution is 5.49. The monoisotopic (exact) mass is 132 g/mol. The van der Waals surface area contributed by atoms with E-state index in [0.29, 0.717) is 0 Å². The molecule has 1 aliphatic carbocycles. The van der Waals surface area contributed by atoms with Gasteiger partial charge in [0.2, 0.25) is 0 Å². The van der Waals surface area contributed by atoms with Crippen LogP contribution in [0.2, 0.25) is 0 Å². The Hall–Kier alpha value is -1.04. The van der Waals surface area contributed by atoms with E-state index in [1.54, 1.807) is 0 Å². The Bertz CT molecular complexity index is 216. The summed E-state index contributed by atoms with van der Waals surface area (Å²) in [5.74, 6) is 0. The van der Waals surface area contributed by atoms with Gasteiger partial charge in [0.1, 0.15) is 0 Å². The van der Waals surface area contributed by atoms with E-state index in [4.69, 9.17) is 0 Å². The van der Waals surface area contributed by atoms with Gasteiger partial charge in [-0.25, -0.2) is 0 Å². The van der Waals surface area contributed by atoms with Crippen LogP contribution in [0.1, 0.15) is 12.8 Å². The zero-order chi connectivity index (χ0) is 7.56. The van der Waals surface area contributed by atoms with Gasteiger partial charge in [0, 0.05) is 0 Å². The van der Waals surface area contributed by atoms with Gasteiger partial charge >= 0.3 is 0 Å². The molecule has 0 heteroatoms. The van der Waals surface area contributed by atoms with Crippen LogP contribution in [-0.2, 0) is 0 Å². The van der Waals surface area contributed by atoms with Crippen LogP contribution < -0.4 is 0 Å². The summed E-state index contributed by atoms with van der Waals surface area (Å²) in [6, 6.07) is 0. The summed E-state index contributed by atoms with van der Waals surface area (Å²) in [6.07, 6.45) is 5.92. The highest BCUT2D eigenvalue weighted by Crippen LogP contribution is 2.30. The lowest BCUT2D eigenvalue weighted by molar-refractivity contribution is 1.04. The molecule has 0 aromatic carbocycles. The van der Waals surface area contributed by atoms with Gasteiger partial charge < -0.3 is 0 Å². The fourth-order valence-corrected chi connectivity index (χ4v) is 1.27. The van der Waals surface area contributed by atoms with Crippen LogP contribution in [0.4, 0.5) is 0 Å². The first-order chi connectivity index (χ1) is 4.79. The molecule has 52 valence electrons. The van der Waals surface area contributed by atoms with Gasteiger partial charge in [-0.2, -0.15) is 0 Å². The fourth-order valence-electron chi connectivity index (χ4n) is 1.27. The molecule has 0 amide bonds. The summed E-state index contributed by atoms with van der Waals surface area (Å²) in [6.45, 7) is 11.4. The Balaban J connectivity index is 3.02. The van der Waals surface area contributed by atoms with Crippen molar-refractivity contribution in [1.82, 2.24) is 0 Å². The van der Waals surface area contributed by atoms with Crippen molar-refractivity contribution < 1.29 is 0 Å². The minimum atomic E-state index is 1.07. The van der Waals surface area contributed by atoms with E-state index in [2.05, 4.69) is 19.7 Å². The first-order valence-electron chi connectivity index (χ1n) is 3.45. The predicted octanol–water partition coefficient (Wildman–Crippen LogP) is 3.01. The molecule has 0 nitrogen and oxygen atoms in total. The lowest BCUT2D eigenvalue weighted by Crippen LogP contribution is -1.75. The first-order valence-corrected chi connectivity index (χ1v) is 3.45. The highest BCUT2D eigenvalue weighted by atomic mass is 14.2. The minimum Gasteiger partial charge on any atom is -0.0988 e. The molecule has 1 rings (SSSR count). The molecule has 0 heterocycles. The maximum absolute atomic E-state index is 3.93. The van der Waals surface area contributed by atoms with E-state index in [0.717, 1.165) is 12.8 Å². The van der Waals surface area contributed by atoms with Crippen LogP contribution in [0.5, 0.6) is 0 Å². The van der Waals surface area contributed by atoms with Gasteiger partial charge in [0.15, 0.2) is 0 Å². The molecule has 1 aliphatic rings. The Morgan fingerprint density at radius 3 is 2.20 bits per heavy atom. The van der Waals surface area contributed by atoms with Gasteiger partial charge in [0.05, 0.1) is 0 Å². The third-order valence-electron chi connectivity index (χ3n) is 1.87. The standard InChI is InChI=1S/C10H12/c1-4-9-7-6-8(3)10(9)5-2/h4-5H,1-3,6-7H2. The Morgan fingerprint density at radius 1 is 1.10 bits per heavy atom. The molecular formula is C10H12. The molecule has 0 fully saturated rings. The molecule has 10 heavy (non-hydrogen) atoms. The average Bonchev–Trinajstić information content (AvgIpc) is 2.30. The zero-order valence-electron chi connectivity index (χ0n) is 6.19. The number of rotatable bonds is 2. The summed E-state index contributed by atoms with van der Waals surface area (Å²) in [5, 5.41) is 0. The molecule has 0 atom stereocenters. The van der Waals surface area contributed by atoms with Crippen molar-refractivity contribution in [2.75, 3.05) is 0 Å². The van der Waals surface area contributed by atoms with Crippen LogP contribution in [0, 0.1) is 0 Å². The maximum atomic E-state index is 3.93. The molecule has 0 saturated heterocycles. The lowest BCUT2D eigenvalue weighted by atomic mass is 10.1. The molecule has 0 bridgehead atoms. The van der Waals surface area contributed by atoms with Crippen molar-refractivity contribution in [3.63, 3.8) is 0 Å². The predicted molar refractivity (Wildman–Crippen MR) is 45.8 cm³/mol. The van der Waals surface area contributed by atoms with Gasteiger partial charge in [-0.1, -0.05) is 31.9 Å². The fraction of sp³-hybridized carbons (Fsp3) is 0.200. The smallest absolute Gasteiger partial charge is 0.0204 e. The number of hydrogen-bond donors (Lipinski definition) is 0. The van der Waals surface area contributed by atoms with Crippen molar-refractivity contribution in [2.45, 2.75) is 12.8 Å². The molecule has 0 radical (unpaired) electrons. The van der Waals surface area contributed by atoms with Crippen LogP contribution in [-0.4, -0.2) is 0 Å². The van der Waals surface area contributed by atoms with Crippen LogP contribution in [0.25, 0.3) is 0 Å². The van der Waals surface area contributed by atoms with E-state index >= 15 is 0 Å². The van der Waals surface area contributed by atoms with Crippen molar-refractivity contribution in [3.05, 3.63) is 48.6 Å². The van der Waals surface area contributed by atoms with Gasteiger partial charge in [0.25, 0.3) is 0 Å². The molecular weight excluding hydrogens is 120 g/mol. The minimum absolute atomic E-state index is 1.07. The molecule has 0 saturated carbocycles. The van der Waals surface area contributed by atoms with E-state index < -0.39 is 0 Å². The number of hydrogen-bond acceptors (Lipinski definition) is 0. The SMILES string of the molecule is C=CC1=C(C=C)C(=C)CC1. The summed E-state index contributed by atoms with van der Waals surface area (Å²) in [4.78, 5) is 0. The van der Waals surface area contributed by atoms with Crippen molar-refractivity contribution >= 4 is 0 Å². The van der Waals surface area contributed by atoms with E-state index in [-0.39, 0.29) is 0 Å². The van der Waals surface area contributed by atoms with Gasteiger partial charge in [-0.05, 0) is 29.6 Å². The molecule has 0 N–H and O–H groups in total. The summed E-state index contributed by atoms with van der Waals surface area (Å²) < 4.78 is 0. The summed E-state index contributed by atoms with van der Waals surface area (Å²) >= 11 is 0. The normalized spacial score (nSPS) is 17.8. The van der Waals surface area contributed by atoms with E-state index in [9.17, 15) is 0 Å². The van der Waals surface area contributed by atoms with Gasteiger partial charge in [-0.3, -0.25) is 0 Å². The van der Waals surface area contributed by atoms with Crippen molar-refractivity contribution in [3.8, 4) is 0 Å². The Morgan fingerprint density at radius 2 is 1.80 bits per heavy atom. The quantitative estimate of drug-likeness (QED) is 0.541. The average molecular weight is 132 g/mol. The van der Waals surface area contributed by atoms with Crippen molar-refractivity contribution in [2.24, 2.45) is 0 Å². The van der Waals surface area contributed by atoms with Crippen LogP contribution >= 0.6 is 0 Å². The molecule has 0 spiro atoms. The van der Waals surface area contributed by atoms with Crippen LogP contribution in [0.3, 0.4) is 0 Å². The Kier molecular flexibility index (Phi) is 1.91. The lowest BCUT2D eigenvalue weighted by Gasteiger charge is -1.95. The first kappa shape index (κ1) is 7.07. The van der Waals surface area contributed by atoms with Crippen LogP contribution in [0.15, 0.2) is 48.6 Å². The van der Waals surface area contributed by atoms with Crippen molar-refractivity contribution in [1.29, 1.82) is 0 Å². The second kappa shape index (κ2) is 2.70. The third-order valence-corrected chi connectivity index (χ3v) is 1.87.